The number of nitrogens with zero attached hydrogens (tertiary/aromatic N) is 2. The summed E-state index contributed by atoms with van der Waals surface area (Å²) in [6.45, 7) is 2.42. The zero-order chi connectivity index (χ0) is 20.3. The number of nitrogens with one attached hydrogen (secondary N) is 1. The monoisotopic (exact) mass is 387 g/mol. The first kappa shape index (κ1) is 19.3. The minimum atomic E-state index is -0.988. The van der Waals surface area contributed by atoms with Crippen molar-refractivity contribution in [2.45, 2.75) is 13.3 Å². The van der Waals surface area contributed by atoms with Crippen LogP contribution in [0.1, 0.15) is 13.3 Å². The van der Waals surface area contributed by atoms with E-state index in [4.69, 9.17) is 4.74 Å². The van der Waals surface area contributed by atoms with Crippen LogP contribution >= 0.6 is 0 Å². The summed E-state index contributed by atoms with van der Waals surface area (Å²) in [6.07, 6.45) is -0.00438. The second kappa shape index (κ2) is 8.03. The Bertz CT molecular complexity index is 934. The Hall–Kier alpha value is -3.49. The predicted molar refractivity (Wildman–Crippen MR) is 99.8 cm³/mol. The highest BCUT2D eigenvalue weighted by atomic mass is 19.1. The largest absolute Gasteiger partial charge is 0.492 e. The highest BCUT2D eigenvalue weighted by Gasteiger charge is 2.36. The maximum Gasteiger partial charge on any atom is 0.306 e. The van der Waals surface area contributed by atoms with E-state index in [1.54, 1.807) is 24.3 Å². The van der Waals surface area contributed by atoms with E-state index in [2.05, 4.69) is 5.32 Å². The zero-order valence-corrected chi connectivity index (χ0v) is 15.1. The smallest absolute Gasteiger partial charge is 0.306 e. The highest BCUT2D eigenvalue weighted by molar-refractivity contribution is 6.04. The molecule has 1 aliphatic rings. The van der Waals surface area contributed by atoms with Gasteiger partial charge in [-0.15, -0.1) is 0 Å². The normalized spacial score (nSPS) is 16.1. The summed E-state index contributed by atoms with van der Waals surface area (Å²) in [5.41, 5.74) is -0.0478. The molecule has 1 N–H and O–H groups in total. The molecule has 28 heavy (non-hydrogen) atoms. The summed E-state index contributed by atoms with van der Waals surface area (Å²) >= 11 is 0. The van der Waals surface area contributed by atoms with Crippen molar-refractivity contribution >= 4 is 28.9 Å². The minimum Gasteiger partial charge on any atom is -0.492 e. The topological polar surface area (TPSA) is 102 Å². The molecule has 3 rings (SSSR count). The lowest BCUT2D eigenvalue weighted by Crippen LogP contribution is -2.28. The van der Waals surface area contributed by atoms with E-state index in [1.807, 2.05) is 6.92 Å². The summed E-state index contributed by atoms with van der Waals surface area (Å²) in [7, 11) is 0. The number of hydrogen-bond acceptors (Lipinski definition) is 5. The van der Waals surface area contributed by atoms with Crippen LogP contribution in [-0.4, -0.2) is 29.9 Å². The molecule has 2 aromatic rings. The van der Waals surface area contributed by atoms with Crippen LogP contribution in [0.4, 0.5) is 21.5 Å². The van der Waals surface area contributed by atoms with Crippen LogP contribution in [0.2, 0.25) is 0 Å². The van der Waals surface area contributed by atoms with E-state index in [1.165, 1.54) is 11.0 Å². The Morgan fingerprint density at radius 3 is 2.82 bits per heavy atom. The summed E-state index contributed by atoms with van der Waals surface area (Å²) in [5, 5.41) is 13.4. The molecule has 2 amide bonds. The van der Waals surface area contributed by atoms with Crippen LogP contribution in [0.5, 0.6) is 5.75 Å². The predicted octanol–water partition coefficient (Wildman–Crippen LogP) is 3.12. The number of para-hydroxylation sites is 2. The number of carbonyl (C=O) groups excluding carboxylic acids is 2. The molecule has 1 unspecified atom stereocenters. The van der Waals surface area contributed by atoms with Crippen molar-refractivity contribution in [1.82, 2.24) is 0 Å². The Balaban J connectivity index is 1.74. The van der Waals surface area contributed by atoms with Gasteiger partial charge in [0.1, 0.15) is 5.75 Å². The van der Waals surface area contributed by atoms with Crippen LogP contribution in [0.3, 0.4) is 0 Å². The maximum absolute atomic E-state index is 13.4. The molecule has 1 aliphatic heterocycles. The molecule has 8 nitrogen and oxygen atoms in total. The van der Waals surface area contributed by atoms with Crippen LogP contribution in [0.15, 0.2) is 42.5 Å². The van der Waals surface area contributed by atoms with Gasteiger partial charge in [0.2, 0.25) is 17.6 Å². The molecule has 0 aromatic heterocycles. The molecular weight excluding hydrogens is 369 g/mol. The highest BCUT2D eigenvalue weighted by Crippen LogP contribution is 2.33. The quantitative estimate of drug-likeness (QED) is 0.606. The van der Waals surface area contributed by atoms with Crippen molar-refractivity contribution in [3.63, 3.8) is 0 Å². The minimum absolute atomic E-state index is 0.00438. The third-order valence-corrected chi connectivity index (χ3v) is 4.36. The molecular formula is C19H18FN3O5. The number of nitro benzene ring substituents is 1. The first-order valence-corrected chi connectivity index (χ1v) is 8.67. The van der Waals surface area contributed by atoms with Gasteiger partial charge >= 0.3 is 5.69 Å². The van der Waals surface area contributed by atoms with Crippen molar-refractivity contribution in [3.8, 4) is 5.75 Å². The number of rotatable bonds is 6. The lowest BCUT2D eigenvalue weighted by Gasteiger charge is -2.20. The first-order chi connectivity index (χ1) is 13.4. The van der Waals surface area contributed by atoms with Crippen LogP contribution in [-0.2, 0) is 9.59 Å². The fraction of sp³-hybridized carbons (Fsp3) is 0.263. The SMILES string of the molecule is CCOc1ccccc1N1CC(C(=O)Nc2ccc(F)c([N+](=O)[O-])c2)CC1=O. The van der Waals surface area contributed by atoms with Gasteiger partial charge in [-0.25, -0.2) is 0 Å². The summed E-state index contributed by atoms with van der Waals surface area (Å²) in [4.78, 5) is 36.4. The fourth-order valence-corrected chi connectivity index (χ4v) is 3.05. The zero-order valence-electron chi connectivity index (χ0n) is 15.1. The van der Waals surface area contributed by atoms with Crippen molar-refractivity contribution in [1.29, 1.82) is 0 Å². The van der Waals surface area contributed by atoms with Crippen LogP contribution < -0.4 is 15.0 Å². The van der Waals surface area contributed by atoms with E-state index < -0.39 is 28.3 Å². The summed E-state index contributed by atoms with van der Waals surface area (Å²) < 4.78 is 19.0. The number of halogens is 1. The van der Waals surface area contributed by atoms with Crippen molar-refractivity contribution in [2.75, 3.05) is 23.4 Å². The van der Waals surface area contributed by atoms with E-state index >= 15 is 0 Å². The van der Waals surface area contributed by atoms with Gasteiger partial charge in [0, 0.05) is 24.7 Å². The molecule has 146 valence electrons. The molecule has 9 heteroatoms. The maximum atomic E-state index is 13.4. The Kier molecular flexibility index (Phi) is 5.53. The van der Waals surface area contributed by atoms with Gasteiger partial charge < -0.3 is 15.0 Å². The average Bonchev–Trinajstić information content (AvgIpc) is 3.05. The van der Waals surface area contributed by atoms with Crippen LogP contribution in [0.25, 0.3) is 0 Å². The average molecular weight is 387 g/mol. The second-order valence-electron chi connectivity index (χ2n) is 6.22. The molecule has 1 heterocycles. The molecule has 1 saturated heterocycles. The number of carbonyl (C=O) groups is 2. The fourth-order valence-electron chi connectivity index (χ4n) is 3.05. The summed E-state index contributed by atoms with van der Waals surface area (Å²) in [5.74, 6) is -1.78. The van der Waals surface area contributed by atoms with E-state index in [9.17, 15) is 24.1 Å². The summed E-state index contributed by atoms with van der Waals surface area (Å²) in [6, 6.07) is 10.2. The molecule has 0 radical (unpaired) electrons. The van der Waals surface area contributed by atoms with Crippen LogP contribution in [0, 0.1) is 21.8 Å². The van der Waals surface area contributed by atoms with Gasteiger partial charge in [-0.1, -0.05) is 12.1 Å². The molecule has 1 atom stereocenters. The van der Waals surface area contributed by atoms with Gasteiger partial charge in [-0.05, 0) is 31.2 Å². The van der Waals surface area contributed by atoms with Gasteiger partial charge in [-0.3, -0.25) is 19.7 Å². The number of hydrogen-bond donors (Lipinski definition) is 1. The van der Waals surface area contributed by atoms with Gasteiger partial charge in [0.15, 0.2) is 0 Å². The van der Waals surface area contributed by atoms with Gasteiger partial charge in [0.25, 0.3) is 0 Å². The molecule has 0 saturated carbocycles. The molecule has 0 aliphatic carbocycles. The third kappa shape index (κ3) is 3.93. The Morgan fingerprint density at radius 2 is 2.11 bits per heavy atom. The molecule has 2 aromatic carbocycles. The van der Waals surface area contributed by atoms with E-state index in [-0.39, 0.29) is 24.6 Å². The lowest BCUT2D eigenvalue weighted by molar-refractivity contribution is -0.387. The second-order valence-corrected chi connectivity index (χ2v) is 6.22. The Morgan fingerprint density at radius 1 is 1.36 bits per heavy atom. The van der Waals surface area contributed by atoms with E-state index in [0.29, 0.717) is 18.0 Å². The molecule has 0 spiro atoms. The van der Waals surface area contributed by atoms with Gasteiger partial charge in [-0.2, -0.15) is 4.39 Å². The number of anilines is 2. The molecule has 1 fully saturated rings. The number of amides is 2. The van der Waals surface area contributed by atoms with Crippen molar-refractivity contribution < 1.29 is 23.6 Å². The third-order valence-electron chi connectivity index (χ3n) is 4.36. The van der Waals surface area contributed by atoms with Crippen molar-refractivity contribution in [3.05, 3.63) is 58.4 Å². The number of nitro groups is 1. The van der Waals surface area contributed by atoms with Gasteiger partial charge in [0.05, 0.1) is 23.1 Å². The number of ether oxygens (including phenoxy) is 1. The van der Waals surface area contributed by atoms with E-state index in [0.717, 1.165) is 12.1 Å². The molecule has 0 bridgehead atoms. The number of benzene rings is 2. The first-order valence-electron chi connectivity index (χ1n) is 8.67. The Labute approximate surface area is 160 Å². The van der Waals surface area contributed by atoms with Crippen molar-refractivity contribution in [2.24, 2.45) is 5.92 Å². The standard InChI is InChI=1S/C19H18FN3O5/c1-2-28-17-6-4-3-5-15(17)22-11-12(9-18(22)24)19(25)21-13-7-8-14(20)16(10-13)23(26)27/h3-8,10,12H,2,9,11H2,1H3,(H,21,25). The lowest BCUT2D eigenvalue weighted by atomic mass is 10.1.